The topological polar surface area (TPSA) is 83.8 Å². The highest BCUT2D eigenvalue weighted by molar-refractivity contribution is 6.35. The highest BCUT2D eigenvalue weighted by Crippen LogP contribution is 2.53. The van der Waals surface area contributed by atoms with Gasteiger partial charge in [-0.2, -0.15) is 0 Å². The first kappa shape index (κ1) is 26.0. The maximum Gasteiger partial charge on any atom is 0.266 e. The number of rotatable bonds is 4. The van der Waals surface area contributed by atoms with Crippen LogP contribution in [0.3, 0.4) is 0 Å². The van der Waals surface area contributed by atoms with E-state index in [9.17, 15) is 19.2 Å². The van der Waals surface area contributed by atoms with Gasteiger partial charge in [-0.05, 0) is 88.4 Å². The lowest BCUT2D eigenvalue weighted by molar-refractivity contribution is 0.0633. The third-order valence-corrected chi connectivity index (χ3v) is 9.59. The molecule has 40 heavy (non-hydrogen) atoms. The van der Waals surface area contributed by atoms with Crippen molar-refractivity contribution in [1.82, 2.24) is 0 Å². The number of hydrogen-bond acceptors (Lipinski definition) is 6. The fourth-order valence-electron chi connectivity index (χ4n) is 6.05. The van der Waals surface area contributed by atoms with Gasteiger partial charge in [-0.15, -0.1) is 0 Å². The summed E-state index contributed by atoms with van der Waals surface area (Å²) in [6.45, 7) is 14.1. The van der Waals surface area contributed by atoms with Gasteiger partial charge in [0.05, 0.1) is 27.9 Å². The number of anilines is 2. The van der Waals surface area contributed by atoms with E-state index in [4.69, 9.17) is 4.74 Å². The summed E-state index contributed by atoms with van der Waals surface area (Å²) in [6.07, 6.45) is 0. The van der Waals surface area contributed by atoms with Gasteiger partial charge in [-0.1, -0.05) is 20.8 Å². The van der Waals surface area contributed by atoms with Crippen molar-refractivity contribution in [2.45, 2.75) is 59.5 Å². The normalized spacial score (nSPS) is 21.8. The number of nitrogens with zero attached hydrogens (tertiary/aromatic N) is 2. The smallest absolute Gasteiger partial charge is 0.266 e. The number of ketones is 2. The molecule has 6 rings (SSSR count). The average molecular weight is 537 g/mol. The van der Waals surface area contributed by atoms with Crippen molar-refractivity contribution in [2.24, 2.45) is 11.3 Å². The summed E-state index contributed by atoms with van der Waals surface area (Å²) < 4.78 is 6.01. The van der Waals surface area contributed by atoms with E-state index in [0.29, 0.717) is 17.2 Å². The zero-order valence-electron chi connectivity index (χ0n) is 23.8. The lowest BCUT2D eigenvalue weighted by atomic mass is 9.65. The summed E-state index contributed by atoms with van der Waals surface area (Å²) in [5.74, 6) is -0.738. The molecule has 3 aromatic carbocycles. The van der Waals surface area contributed by atoms with Crippen molar-refractivity contribution in [3.05, 3.63) is 82.9 Å². The van der Waals surface area contributed by atoms with Gasteiger partial charge in [0.2, 0.25) is 0 Å². The molecule has 3 aromatic rings. The Morgan fingerprint density at radius 2 is 1.07 bits per heavy atom. The van der Waals surface area contributed by atoms with E-state index >= 15 is 0 Å². The summed E-state index contributed by atoms with van der Waals surface area (Å²) in [5.41, 5.74) is 1.49. The van der Waals surface area contributed by atoms with Gasteiger partial charge in [0.15, 0.2) is 11.6 Å². The van der Waals surface area contributed by atoms with Crippen LogP contribution in [0.15, 0.2) is 60.7 Å². The molecule has 0 bridgehead atoms. The Morgan fingerprint density at radius 3 is 1.55 bits per heavy atom. The molecule has 0 N–H and O–H groups in total. The van der Waals surface area contributed by atoms with Crippen molar-refractivity contribution in [3.63, 3.8) is 0 Å². The quantitative estimate of drug-likeness (QED) is 0.273. The van der Waals surface area contributed by atoms with E-state index in [-0.39, 0.29) is 44.9 Å². The molecule has 3 aliphatic rings. The van der Waals surface area contributed by atoms with E-state index in [0.717, 1.165) is 10.6 Å². The number of fused-ring (bicyclic) bond motifs is 2. The summed E-state index contributed by atoms with van der Waals surface area (Å²) >= 11 is 0. The summed E-state index contributed by atoms with van der Waals surface area (Å²) in [7, 11) is 0. The lowest BCUT2D eigenvalue weighted by Gasteiger charge is -2.34. The first-order chi connectivity index (χ1) is 18.7. The molecule has 1 atom stereocenters. The summed E-state index contributed by atoms with van der Waals surface area (Å²) in [6, 6.07) is 17.4. The standard InChI is InChI=1S/C33H32N2O5/c1-18-27(36)23-16-25-26(17-24(23)28(37)31(18,2)3)30(39)34(29(25)38)19-8-12-21(13-9-19)40-22-14-10-20(11-15-22)35-32(4,5)33(35,6)7/h8-18H,1-7H3. The molecule has 2 amide bonds. The zero-order valence-corrected chi connectivity index (χ0v) is 23.8. The average Bonchev–Trinajstić information content (AvgIpc) is 3.20. The first-order valence-corrected chi connectivity index (χ1v) is 13.5. The Labute approximate surface area is 233 Å². The Hall–Kier alpha value is -4.26. The van der Waals surface area contributed by atoms with Gasteiger partial charge in [-0.3, -0.25) is 19.2 Å². The van der Waals surface area contributed by atoms with E-state index in [1.165, 1.54) is 12.1 Å². The largest absolute Gasteiger partial charge is 0.457 e. The van der Waals surface area contributed by atoms with E-state index in [1.54, 1.807) is 45.0 Å². The van der Waals surface area contributed by atoms with Crippen LogP contribution in [0.2, 0.25) is 0 Å². The van der Waals surface area contributed by atoms with Gasteiger partial charge in [0.1, 0.15) is 11.5 Å². The maximum absolute atomic E-state index is 13.3. The summed E-state index contributed by atoms with van der Waals surface area (Å²) in [5, 5.41) is 0. The number of imide groups is 1. The van der Waals surface area contributed by atoms with E-state index < -0.39 is 23.1 Å². The minimum absolute atomic E-state index is 0.0920. The van der Waals surface area contributed by atoms with Crippen LogP contribution in [0.25, 0.3) is 0 Å². The number of amides is 2. The monoisotopic (exact) mass is 536 g/mol. The molecule has 0 saturated carbocycles. The Balaban J connectivity index is 1.22. The molecule has 0 aromatic heterocycles. The minimum atomic E-state index is -0.886. The molecule has 0 spiro atoms. The number of carbonyl (C=O) groups excluding carboxylic acids is 4. The van der Waals surface area contributed by atoms with Crippen LogP contribution in [0.1, 0.15) is 89.9 Å². The van der Waals surface area contributed by atoms with Gasteiger partial charge in [0, 0.05) is 28.1 Å². The van der Waals surface area contributed by atoms with Crippen LogP contribution in [0.5, 0.6) is 11.5 Å². The molecule has 2 heterocycles. The van der Waals surface area contributed by atoms with Crippen LogP contribution in [-0.4, -0.2) is 34.5 Å². The SMILES string of the molecule is CC1C(=O)c2cc3c(cc2C(=O)C1(C)C)C(=O)N(c1ccc(Oc2ccc(N4C(C)(C)C4(C)C)cc2)cc1)C3=O. The summed E-state index contributed by atoms with van der Waals surface area (Å²) in [4.78, 5) is 56.3. The second-order valence-corrected chi connectivity index (χ2v) is 12.6. The molecule has 7 heteroatoms. The third kappa shape index (κ3) is 3.43. The zero-order chi connectivity index (χ0) is 28.9. The van der Waals surface area contributed by atoms with E-state index in [2.05, 4.69) is 32.6 Å². The minimum Gasteiger partial charge on any atom is -0.457 e. The predicted octanol–water partition coefficient (Wildman–Crippen LogP) is 6.70. The highest BCUT2D eigenvalue weighted by atomic mass is 16.5. The van der Waals surface area contributed by atoms with Crippen LogP contribution < -0.4 is 14.5 Å². The Bertz CT molecular complexity index is 1620. The molecule has 1 unspecified atom stereocenters. The highest BCUT2D eigenvalue weighted by Gasteiger charge is 2.62. The molecule has 1 aliphatic carbocycles. The molecule has 1 saturated heterocycles. The third-order valence-electron chi connectivity index (χ3n) is 9.59. The molecular formula is C33H32N2O5. The van der Waals surface area contributed by atoms with Crippen molar-refractivity contribution < 1.29 is 23.9 Å². The Kier molecular flexibility index (Phi) is 5.28. The molecule has 2 aliphatic heterocycles. The number of hydrogen-bond donors (Lipinski definition) is 0. The maximum atomic E-state index is 13.3. The van der Waals surface area contributed by atoms with Gasteiger partial charge >= 0.3 is 0 Å². The van der Waals surface area contributed by atoms with Crippen LogP contribution in [0.4, 0.5) is 11.4 Å². The number of benzene rings is 3. The molecular weight excluding hydrogens is 504 g/mol. The molecule has 7 nitrogen and oxygen atoms in total. The number of Topliss-reactive ketones (excluding diaryl/α,β-unsaturated/α-hetero) is 2. The predicted molar refractivity (Wildman–Crippen MR) is 153 cm³/mol. The second kappa shape index (κ2) is 8.13. The second-order valence-electron chi connectivity index (χ2n) is 12.6. The molecule has 204 valence electrons. The van der Waals surface area contributed by atoms with Gasteiger partial charge in [-0.25, -0.2) is 4.90 Å². The lowest BCUT2D eigenvalue weighted by Crippen LogP contribution is -2.41. The van der Waals surface area contributed by atoms with Crippen molar-refractivity contribution in [3.8, 4) is 11.5 Å². The van der Waals surface area contributed by atoms with Crippen LogP contribution in [-0.2, 0) is 0 Å². The van der Waals surface area contributed by atoms with Crippen LogP contribution >= 0.6 is 0 Å². The number of ether oxygens (including phenoxy) is 1. The fraction of sp³-hybridized carbons (Fsp3) is 0.333. The first-order valence-electron chi connectivity index (χ1n) is 13.5. The Morgan fingerprint density at radius 1 is 0.625 bits per heavy atom. The number of carbonyl (C=O) groups is 4. The molecule has 1 fully saturated rings. The van der Waals surface area contributed by atoms with Gasteiger partial charge in [0.25, 0.3) is 11.8 Å². The van der Waals surface area contributed by atoms with Crippen molar-refractivity contribution >= 4 is 34.8 Å². The van der Waals surface area contributed by atoms with Crippen LogP contribution in [0, 0.1) is 11.3 Å². The van der Waals surface area contributed by atoms with E-state index in [1.807, 2.05) is 24.3 Å². The van der Waals surface area contributed by atoms with Crippen molar-refractivity contribution in [1.29, 1.82) is 0 Å². The van der Waals surface area contributed by atoms with Gasteiger partial charge < -0.3 is 9.64 Å². The molecule has 0 radical (unpaired) electrons. The fourth-order valence-corrected chi connectivity index (χ4v) is 6.05. The van der Waals surface area contributed by atoms with Crippen molar-refractivity contribution in [2.75, 3.05) is 9.80 Å².